The van der Waals surface area contributed by atoms with Crippen molar-refractivity contribution in [3.05, 3.63) is 70.8 Å². The lowest BCUT2D eigenvalue weighted by atomic mass is 10.1. The Hall–Kier alpha value is -3.46. The van der Waals surface area contributed by atoms with Gasteiger partial charge in [0.05, 0.1) is 16.4 Å². The fraction of sp³-hybridized carbons (Fsp3) is 0.150. The summed E-state index contributed by atoms with van der Waals surface area (Å²) in [4.78, 5) is 24.5. The van der Waals surface area contributed by atoms with E-state index in [9.17, 15) is 23.3 Å². The molecule has 8 nitrogen and oxygen atoms in total. The van der Waals surface area contributed by atoms with Crippen molar-refractivity contribution in [2.75, 3.05) is 30.1 Å². The van der Waals surface area contributed by atoms with Gasteiger partial charge in [0.2, 0.25) is 5.91 Å². The van der Waals surface area contributed by atoms with Gasteiger partial charge in [-0.1, -0.05) is 36.4 Å². The fourth-order valence-electron chi connectivity index (χ4n) is 3.03. The Kier molecular flexibility index (Phi) is 5.51. The highest BCUT2D eigenvalue weighted by Crippen LogP contribution is 2.30. The monoisotopic (exact) mass is 413 g/mol. The summed E-state index contributed by atoms with van der Waals surface area (Å²) in [5.74, 6) is -0.356. The largest absolute Gasteiger partial charge is 0.360 e. The molecule has 0 spiro atoms. The molecule has 3 aromatic rings. The van der Waals surface area contributed by atoms with Gasteiger partial charge in [-0.15, -0.1) is 0 Å². The quantitative estimate of drug-likeness (QED) is 0.491. The molecule has 0 aromatic heterocycles. The first-order valence-corrected chi connectivity index (χ1v) is 10.5. The van der Waals surface area contributed by atoms with E-state index >= 15 is 0 Å². The number of hydrogen-bond donors (Lipinski definition) is 1. The van der Waals surface area contributed by atoms with Gasteiger partial charge in [0.25, 0.3) is 5.69 Å². The number of carbonyl (C=O) groups excluding carboxylic acids is 1. The van der Waals surface area contributed by atoms with E-state index in [0.717, 1.165) is 23.1 Å². The first kappa shape index (κ1) is 20.3. The van der Waals surface area contributed by atoms with E-state index < -0.39 is 14.8 Å². The first-order chi connectivity index (χ1) is 13.7. The molecule has 3 aromatic carbocycles. The van der Waals surface area contributed by atoms with Crippen LogP contribution in [0.25, 0.3) is 10.8 Å². The highest BCUT2D eigenvalue weighted by Gasteiger charge is 2.22. The Bertz CT molecular complexity index is 1200. The molecule has 1 amide bonds. The molecule has 0 heterocycles. The van der Waals surface area contributed by atoms with Gasteiger partial charge in [-0.05, 0) is 23.6 Å². The molecule has 9 heteroatoms. The van der Waals surface area contributed by atoms with Crippen molar-refractivity contribution >= 4 is 43.6 Å². The SMILES string of the molecule is CN(CC(=O)Nc1cccc2ccccc12)c1ccc(S(C)(=O)=O)cc1[N+](=O)[O-]. The molecule has 0 unspecified atom stereocenters. The summed E-state index contributed by atoms with van der Waals surface area (Å²) in [6.07, 6.45) is 0.979. The average molecular weight is 413 g/mol. The highest BCUT2D eigenvalue weighted by atomic mass is 32.2. The Labute approximate surface area is 167 Å². The number of fused-ring (bicyclic) bond motifs is 1. The zero-order valence-electron chi connectivity index (χ0n) is 15.8. The molecule has 150 valence electrons. The van der Waals surface area contributed by atoms with E-state index in [4.69, 9.17) is 0 Å². The van der Waals surface area contributed by atoms with Gasteiger partial charge in [0, 0.05) is 30.4 Å². The predicted molar refractivity (Wildman–Crippen MR) is 112 cm³/mol. The number of likely N-dealkylation sites (N-methyl/N-ethyl adjacent to an activating group) is 1. The normalized spacial score (nSPS) is 11.2. The molecule has 0 saturated carbocycles. The van der Waals surface area contributed by atoms with E-state index in [1.54, 1.807) is 6.07 Å². The highest BCUT2D eigenvalue weighted by molar-refractivity contribution is 7.90. The van der Waals surface area contributed by atoms with Crippen LogP contribution in [0.2, 0.25) is 0 Å². The smallest absolute Gasteiger partial charge is 0.293 e. The molecule has 0 aliphatic rings. The van der Waals surface area contributed by atoms with Crippen molar-refractivity contribution < 1.29 is 18.1 Å². The van der Waals surface area contributed by atoms with Crippen LogP contribution in [-0.4, -0.2) is 39.1 Å². The van der Waals surface area contributed by atoms with Crippen LogP contribution in [0.4, 0.5) is 17.1 Å². The third-order valence-electron chi connectivity index (χ3n) is 4.43. The third kappa shape index (κ3) is 4.52. The summed E-state index contributed by atoms with van der Waals surface area (Å²) < 4.78 is 23.4. The number of rotatable bonds is 6. The standard InChI is InChI=1S/C20H19N3O5S/c1-22(18-11-10-15(29(2,27)28)12-19(18)23(25)26)13-20(24)21-17-9-5-7-14-6-3-4-8-16(14)17/h3-12H,13H2,1-2H3,(H,21,24). The number of nitro groups is 1. The molecule has 0 aliphatic carbocycles. The minimum absolute atomic E-state index is 0.149. The van der Waals surface area contributed by atoms with Crippen LogP contribution in [-0.2, 0) is 14.6 Å². The van der Waals surface area contributed by atoms with Crippen molar-refractivity contribution in [2.45, 2.75) is 4.90 Å². The lowest BCUT2D eigenvalue weighted by molar-refractivity contribution is -0.384. The number of nitrogens with one attached hydrogen (secondary N) is 1. The Morgan fingerprint density at radius 1 is 1.10 bits per heavy atom. The van der Waals surface area contributed by atoms with Gasteiger partial charge in [0.15, 0.2) is 9.84 Å². The van der Waals surface area contributed by atoms with Crippen molar-refractivity contribution in [3.8, 4) is 0 Å². The van der Waals surface area contributed by atoms with Gasteiger partial charge in [-0.3, -0.25) is 14.9 Å². The fourth-order valence-corrected chi connectivity index (χ4v) is 3.67. The minimum atomic E-state index is -3.59. The van der Waals surface area contributed by atoms with Gasteiger partial charge in [-0.25, -0.2) is 8.42 Å². The molecular weight excluding hydrogens is 394 g/mol. The van der Waals surface area contributed by atoms with Crippen LogP contribution in [0.3, 0.4) is 0 Å². The van der Waals surface area contributed by atoms with Gasteiger partial charge in [-0.2, -0.15) is 0 Å². The number of sulfone groups is 1. The van der Waals surface area contributed by atoms with Crippen LogP contribution < -0.4 is 10.2 Å². The second-order valence-corrected chi connectivity index (χ2v) is 8.63. The third-order valence-corrected chi connectivity index (χ3v) is 5.54. The lowest BCUT2D eigenvalue weighted by Crippen LogP contribution is -2.30. The van der Waals surface area contributed by atoms with Crippen molar-refractivity contribution in [1.82, 2.24) is 0 Å². The number of benzene rings is 3. The summed E-state index contributed by atoms with van der Waals surface area (Å²) in [6.45, 7) is -0.151. The lowest BCUT2D eigenvalue weighted by Gasteiger charge is -2.19. The molecule has 0 aliphatic heterocycles. The average Bonchev–Trinajstić information content (AvgIpc) is 2.67. The zero-order valence-corrected chi connectivity index (χ0v) is 16.6. The maximum absolute atomic E-state index is 12.5. The molecule has 0 atom stereocenters. The van der Waals surface area contributed by atoms with Gasteiger partial charge < -0.3 is 10.2 Å². The van der Waals surface area contributed by atoms with Gasteiger partial charge in [0.1, 0.15) is 5.69 Å². The van der Waals surface area contributed by atoms with Crippen LogP contribution in [0.15, 0.2) is 65.6 Å². The number of carbonyl (C=O) groups is 1. The second-order valence-electron chi connectivity index (χ2n) is 6.61. The Balaban J connectivity index is 1.83. The maximum atomic E-state index is 12.5. The van der Waals surface area contributed by atoms with Crippen molar-refractivity contribution in [2.24, 2.45) is 0 Å². The van der Waals surface area contributed by atoms with Crippen LogP contribution in [0.5, 0.6) is 0 Å². The zero-order chi connectivity index (χ0) is 21.2. The van der Waals surface area contributed by atoms with Crippen molar-refractivity contribution in [3.63, 3.8) is 0 Å². The van der Waals surface area contributed by atoms with E-state index in [-0.39, 0.29) is 28.7 Å². The summed E-state index contributed by atoms with van der Waals surface area (Å²) >= 11 is 0. The van der Waals surface area contributed by atoms with Crippen LogP contribution >= 0.6 is 0 Å². The predicted octanol–water partition coefficient (Wildman–Crippen LogP) is 3.23. The molecule has 0 bridgehead atoms. The number of nitrogens with zero attached hydrogens (tertiary/aromatic N) is 2. The Morgan fingerprint density at radius 2 is 1.79 bits per heavy atom. The summed E-state index contributed by atoms with van der Waals surface area (Å²) in [6, 6.07) is 16.8. The molecule has 0 saturated heterocycles. The first-order valence-electron chi connectivity index (χ1n) is 8.64. The molecule has 0 fully saturated rings. The molecular formula is C20H19N3O5S. The van der Waals surface area contributed by atoms with Crippen LogP contribution in [0.1, 0.15) is 0 Å². The maximum Gasteiger partial charge on any atom is 0.293 e. The minimum Gasteiger partial charge on any atom is -0.360 e. The summed E-state index contributed by atoms with van der Waals surface area (Å²) in [5.41, 5.74) is 0.410. The summed E-state index contributed by atoms with van der Waals surface area (Å²) in [7, 11) is -2.06. The molecule has 29 heavy (non-hydrogen) atoms. The van der Waals surface area contributed by atoms with E-state index in [0.29, 0.717) is 5.69 Å². The van der Waals surface area contributed by atoms with E-state index in [1.165, 1.54) is 24.1 Å². The topological polar surface area (TPSA) is 110 Å². The van der Waals surface area contributed by atoms with Crippen molar-refractivity contribution in [1.29, 1.82) is 0 Å². The number of hydrogen-bond acceptors (Lipinski definition) is 6. The number of anilines is 2. The van der Waals surface area contributed by atoms with Crippen LogP contribution in [0, 0.1) is 10.1 Å². The van der Waals surface area contributed by atoms with Gasteiger partial charge >= 0.3 is 0 Å². The Morgan fingerprint density at radius 3 is 2.48 bits per heavy atom. The number of nitro benzene ring substituents is 1. The summed E-state index contributed by atoms with van der Waals surface area (Å²) in [5, 5.41) is 16.1. The molecule has 1 N–H and O–H groups in total. The second kappa shape index (κ2) is 7.88. The molecule has 0 radical (unpaired) electrons. The van der Waals surface area contributed by atoms with E-state index in [2.05, 4.69) is 5.32 Å². The number of amides is 1. The molecule has 3 rings (SSSR count). The van der Waals surface area contributed by atoms with E-state index in [1.807, 2.05) is 36.4 Å².